The van der Waals surface area contributed by atoms with E-state index in [9.17, 15) is 19.7 Å². The summed E-state index contributed by atoms with van der Waals surface area (Å²) in [6, 6.07) is 4.84. The average molecular weight is 371 g/mol. The molecule has 0 bridgehead atoms. The number of nitrogens with zero attached hydrogens (tertiary/aromatic N) is 2. The maximum Gasteiger partial charge on any atom is 0.365 e. The number of nitro benzene ring substituents is 1. The molecule has 24 heavy (non-hydrogen) atoms. The number of halogens is 2. The molecule has 126 valence electrons. The van der Waals surface area contributed by atoms with Crippen molar-refractivity contribution in [2.24, 2.45) is 5.16 Å². The van der Waals surface area contributed by atoms with Crippen LogP contribution in [0.1, 0.15) is 24.2 Å². The topological polar surface area (TPSA) is 98.9 Å². The van der Waals surface area contributed by atoms with Crippen LogP contribution in [-0.2, 0) is 9.63 Å². The van der Waals surface area contributed by atoms with Crippen molar-refractivity contribution >= 4 is 46.4 Å². The Labute approximate surface area is 147 Å². The van der Waals surface area contributed by atoms with Crippen molar-refractivity contribution in [3.63, 3.8) is 0 Å². The predicted octanol–water partition coefficient (Wildman–Crippen LogP) is 3.24. The Balaban J connectivity index is 2.19. The van der Waals surface area contributed by atoms with Gasteiger partial charge in [0.25, 0.3) is 5.69 Å². The van der Waals surface area contributed by atoms with E-state index >= 15 is 0 Å². The van der Waals surface area contributed by atoms with Crippen LogP contribution < -0.4 is 0 Å². The predicted molar refractivity (Wildman–Crippen MR) is 88.6 cm³/mol. The molecule has 1 aromatic carbocycles. The summed E-state index contributed by atoms with van der Waals surface area (Å²) in [6.07, 6.45) is 1.40. The standard InChI is InChI=1S/C15H12Cl2N2O5/c1-8-7-11(12(16)15(2,17)13(8)20)18-24-14(21)9-3-5-10(6-4-9)19(22)23/h3-7,12H,1-2H3/b18-11-. The highest BCUT2D eigenvalue weighted by Gasteiger charge is 2.44. The van der Waals surface area contributed by atoms with Crippen LogP contribution in [0.4, 0.5) is 5.69 Å². The van der Waals surface area contributed by atoms with Crippen LogP contribution in [0.25, 0.3) is 0 Å². The number of Topliss-reactive ketones (excluding diaryl/α,β-unsaturated/α-hetero) is 1. The lowest BCUT2D eigenvalue weighted by Gasteiger charge is -2.29. The summed E-state index contributed by atoms with van der Waals surface area (Å²) >= 11 is 12.3. The molecule has 0 spiro atoms. The van der Waals surface area contributed by atoms with E-state index in [2.05, 4.69) is 5.16 Å². The summed E-state index contributed by atoms with van der Waals surface area (Å²) in [5.41, 5.74) is 0.411. The molecule has 2 atom stereocenters. The van der Waals surface area contributed by atoms with E-state index in [0.717, 1.165) is 0 Å². The molecule has 0 aromatic heterocycles. The summed E-state index contributed by atoms with van der Waals surface area (Å²) in [5, 5.41) is 13.3. The third kappa shape index (κ3) is 3.47. The van der Waals surface area contributed by atoms with E-state index < -0.39 is 21.1 Å². The minimum absolute atomic E-state index is 0.0808. The van der Waals surface area contributed by atoms with Crippen LogP contribution >= 0.6 is 23.2 Å². The second kappa shape index (κ2) is 6.70. The minimum Gasteiger partial charge on any atom is -0.312 e. The van der Waals surface area contributed by atoms with Crippen molar-refractivity contribution in [3.05, 3.63) is 51.6 Å². The van der Waals surface area contributed by atoms with Crippen LogP contribution in [0.15, 0.2) is 41.1 Å². The second-order valence-corrected chi connectivity index (χ2v) is 6.52. The number of ketones is 1. The summed E-state index contributed by atoms with van der Waals surface area (Å²) in [5.74, 6) is -1.15. The molecular formula is C15H12Cl2N2O5. The number of hydrogen-bond acceptors (Lipinski definition) is 6. The van der Waals surface area contributed by atoms with Crippen molar-refractivity contribution < 1.29 is 19.3 Å². The van der Waals surface area contributed by atoms with Crippen LogP contribution in [0.3, 0.4) is 0 Å². The van der Waals surface area contributed by atoms with Crippen molar-refractivity contribution in [1.82, 2.24) is 0 Å². The Hall–Kier alpha value is -2.25. The van der Waals surface area contributed by atoms with Crippen molar-refractivity contribution in [3.8, 4) is 0 Å². The summed E-state index contributed by atoms with van der Waals surface area (Å²) < 4.78 is 0. The van der Waals surface area contributed by atoms with Crippen molar-refractivity contribution in [1.29, 1.82) is 0 Å². The van der Waals surface area contributed by atoms with Gasteiger partial charge < -0.3 is 4.84 Å². The van der Waals surface area contributed by atoms with E-state index in [1.165, 1.54) is 37.3 Å². The third-order valence-electron chi connectivity index (χ3n) is 3.45. The molecule has 0 amide bonds. The fourth-order valence-corrected chi connectivity index (χ4v) is 2.54. The molecule has 0 radical (unpaired) electrons. The molecule has 7 nitrogen and oxygen atoms in total. The monoisotopic (exact) mass is 370 g/mol. The van der Waals surface area contributed by atoms with E-state index in [1.54, 1.807) is 6.92 Å². The normalized spacial score (nSPS) is 25.3. The zero-order valence-corrected chi connectivity index (χ0v) is 14.2. The zero-order chi connectivity index (χ0) is 18.1. The quantitative estimate of drug-likeness (QED) is 0.352. The van der Waals surface area contributed by atoms with Crippen LogP contribution in [0, 0.1) is 10.1 Å². The lowest BCUT2D eigenvalue weighted by molar-refractivity contribution is -0.384. The van der Waals surface area contributed by atoms with Gasteiger partial charge in [0.05, 0.1) is 10.5 Å². The average Bonchev–Trinajstić information content (AvgIpc) is 2.55. The van der Waals surface area contributed by atoms with Gasteiger partial charge in [-0.3, -0.25) is 14.9 Å². The first kappa shape index (κ1) is 18.1. The van der Waals surface area contributed by atoms with E-state index in [1.807, 2.05) is 0 Å². The molecule has 2 rings (SSSR count). The number of carbonyl (C=O) groups is 2. The highest BCUT2D eigenvalue weighted by molar-refractivity contribution is 6.50. The van der Waals surface area contributed by atoms with Gasteiger partial charge >= 0.3 is 5.97 Å². The molecular weight excluding hydrogens is 359 g/mol. The van der Waals surface area contributed by atoms with Gasteiger partial charge in [0.1, 0.15) is 16.0 Å². The van der Waals surface area contributed by atoms with Crippen LogP contribution in [0.5, 0.6) is 0 Å². The maximum atomic E-state index is 11.9. The molecule has 0 N–H and O–H groups in total. The Bertz CT molecular complexity index is 769. The molecule has 0 saturated carbocycles. The van der Waals surface area contributed by atoms with Gasteiger partial charge in [-0.25, -0.2) is 4.79 Å². The smallest absolute Gasteiger partial charge is 0.312 e. The Morgan fingerprint density at radius 1 is 1.38 bits per heavy atom. The first-order chi connectivity index (χ1) is 11.1. The molecule has 1 aliphatic rings. The Morgan fingerprint density at radius 2 is 1.96 bits per heavy atom. The minimum atomic E-state index is -1.39. The molecule has 1 aliphatic carbocycles. The van der Waals surface area contributed by atoms with E-state index in [0.29, 0.717) is 5.57 Å². The Morgan fingerprint density at radius 3 is 2.50 bits per heavy atom. The van der Waals surface area contributed by atoms with Gasteiger partial charge in [-0.1, -0.05) is 5.16 Å². The molecule has 0 fully saturated rings. The highest BCUT2D eigenvalue weighted by Crippen LogP contribution is 2.33. The number of alkyl halides is 2. The second-order valence-electron chi connectivity index (χ2n) is 5.29. The van der Waals surface area contributed by atoms with Gasteiger partial charge in [-0.2, -0.15) is 0 Å². The maximum absolute atomic E-state index is 11.9. The number of allylic oxidation sites excluding steroid dienone is 2. The molecule has 0 heterocycles. The highest BCUT2D eigenvalue weighted by atomic mass is 35.5. The number of nitro groups is 1. The van der Waals surface area contributed by atoms with E-state index in [4.69, 9.17) is 28.0 Å². The SMILES string of the molecule is CC1=C/C(=N/OC(=O)c2ccc([N+](=O)[O-])cc2)C(Cl)C(C)(Cl)C1=O. The summed E-state index contributed by atoms with van der Waals surface area (Å²) in [4.78, 5) is 37.3. The first-order valence-electron chi connectivity index (χ1n) is 6.74. The summed E-state index contributed by atoms with van der Waals surface area (Å²) in [6.45, 7) is 3.01. The van der Waals surface area contributed by atoms with E-state index in [-0.39, 0.29) is 22.7 Å². The first-order valence-corrected chi connectivity index (χ1v) is 7.55. The van der Waals surface area contributed by atoms with Gasteiger partial charge in [-0.15, -0.1) is 23.2 Å². The van der Waals surface area contributed by atoms with Gasteiger partial charge in [0.2, 0.25) is 0 Å². The van der Waals surface area contributed by atoms with Gasteiger partial charge in [0, 0.05) is 12.1 Å². The zero-order valence-electron chi connectivity index (χ0n) is 12.7. The number of non-ortho nitro benzene ring substituents is 1. The third-order valence-corrected chi connectivity index (χ3v) is 4.61. The van der Waals surface area contributed by atoms with Crippen molar-refractivity contribution in [2.45, 2.75) is 24.1 Å². The lowest BCUT2D eigenvalue weighted by Crippen LogP contribution is -2.46. The molecule has 9 heteroatoms. The molecule has 1 aromatic rings. The molecule has 0 saturated heterocycles. The lowest BCUT2D eigenvalue weighted by atomic mass is 9.87. The molecule has 2 unspecified atom stereocenters. The fourth-order valence-electron chi connectivity index (χ4n) is 2.08. The molecule has 0 aliphatic heterocycles. The largest absolute Gasteiger partial charge is 0.365 e. The van der Waals surface area contributed by atoms with Gasteiger partial charge in [-0.05, 0) is 37.6 Å². The number of carbonyl (C=O) groups excluding carboxylic acids is 2. The van der Waals surface area contributed by atoms with Crippen molar-refractivity contribution in [2.75, 3.05) is 0 Å². The van der Waals surface area contributed by atoms with Crippen LogP contribution in [-0.4, -0.2) is 32.6 Å². The number of benzene rings is 1. The van der Waals surface area contributed by atoms with Gasteiger partial charge in [0.15, 0.2) is 5.78 Å². The number of rotatable bonds is 3. The summed E-state index contributed by atoms with van der Waals surface area (Å²) in [7, 11) is 0. The Kier molecular flexibility index (Phi) is 5.05. The fraction of sp³-hybridized carbons (Fsp3) is 0.267. The number of oxime groups is 1. The number of hydrogen-bond donors (Lipinski definition) is 0. The van der Waals surface area contributed by atoms with Crippen LogP contribution in [0.2, 0.25) is 0 Å².